The largest absolute Gasteiger partial charge is 0.494 e. The van der Waals surface area contributed by atoms with Crippen molar-refractivity contribution in [3.8, 4) is 5.75 Å². The number of rotatable bonds is 3. The number of aromatic nitrogens is 2. The molecule has 0 unspecified atom stereocenters. The van der Waals surface area contributed by atoms with E-state index in [0.717, 1.165) is 24.2 Å². The fourth-order valence-corrected chi connectivity index (χ4v) is 3.07. The molecule has 1 aliphatic carbocycles. The molecule has 1 heterocycles. The maximum Gasteiger partial charge on any atom is 0.167 e. The Morgan fingerprint density at radius 3 is 2.74 bits per heavy atom. The van der Waals surface area contributed by atoms with Crippen molar-refractivity contribution in [3.05, 3.63) is 23.8 Å². The lowest BCUT2D eigenvalue weighted by molar-refractivity contribution is 0.170. The number of halogens is 2. The highest BCUT2D eigenvalue weighted by atomic mass is 35.5. The molecule has 0 aliphatic heterocycles. The van der Waals surface area contributed by atoms with Crippen LogP contribution in [0.15, 0.2) is 12.1 Å². The maximum atomic E-state index is 13.8. The lowest BCUT2D eigenvalue weighted by Crippen LogP contribution is -2.38. The molecule has 0 saturated heterocycles. The van der Waals surface area contributed by atoms with Crippen LogP contribution < -0.4 is 4.74 Å². The van der Waals surface area contributed by atoms with Gasteiger partial charge >= 0.3 is 0 Å². The first-order valence-electron chi connectivity index (χ1n) is 6.40. The number of benzene rings is 1. The molecule has 0 bridgehead atoms. The maximum absolute atomic E-state index is 13.8. The third-order valence-corrected chi connectivity index (χ3v) is 4.33. The Kier molecular flexibility index (Phi) is 2.93. The Balaban J connectivity index is 2.28. The average molecular weight is 283 g/mol. The summed E-state index contributed by atoms with van der Waals surface area (Å²) in [6.07, 6.45) is 3.40. The molecule has 1 aromatic heterocycles. The minimum absolute atomic E-state index is 0.0435. The SMILES string of the molecule is COc1cc2c(cc1F)nc(CCl)n2C1(C)CCC1. The van der Waals surface area contributed by atoms with Crippen molar-refractivity contribution >= 4 is 22.6 Å². The minimum Gasteiger partial charge on any atom is -0.494 e. The van der Waals surface area contributed by atoms with Gasteiger partial charge in [0.05, 0.1) is 24.0 Å². The molecule has 1 saturated carbocycles. The fourth-order valence-electron chi connectivity index (χ4n) is 2.89. The Labute approximate surface area is 116 Å². The van der Waals surface area contributed by atoms with Crippen molar-refractivity contribution in [2.75, 3.05) is 7.11 Å². The summed E-state index contributed by atoms with van der Waals surface area (Å²) in [5.74, 6) is 0.984. The smallest absolute Gasteiger partial charge is 0.167 e. The number of nitrogens with zero attached hydrogens (tertiary/aromatic N) is 2. The average Bonchev–Trinajstić information content (AvgIpc) is 2.72. The van der Waals surface area contributed by atoms with Crippen molar-refractivity contribution in [3.63, 3.8) is 0 Å². The van der Waals surface area contributed by atoms with Crippen LogP contribution in [0.2, 0.25) is 0 Å². The van der Waals surface area contributed by atoms with Crippen LogP contribution in [-0.2, 0) is 11.4 Å². The Morgan fingerprint density at radius 2 is 2.21 bits per heavy atom. The molecule has 102 valence electrons. The van der Waals surface area contributed by atoms with E-state index in [9.17, 15) is 4.39 Å². The highest BCUT2D eigenvalue weighted by Crippen LogP contribution is 2.42. The van der Waals surface area contributed by atoms with Gasteiger partial charge in [0.25, 0.3) is 0 Å². The van der Waals surface area contributed by atoms with E-state index >= 15 is 0 Å². The van der Waals surface area contributed by atoms with Gasteiger partial charge in [-0.05, 0) is 26.2 Å². The summed E-state index contributed by atoms with van der Waals surface area (Å²) in [6.45, 7) is 2.20. The summed E-state index contributed by atoms with van der Waals surface area (Å²) < 4.78 is 21.0. The summed E-state index contributed by atoms with van der Waals surface area (Å²) in [4.78, 5) is 4.45. The van der Waals surface area contributed by atoms with Crippen LogP contribution in [-0.4, -0.2) is 16.7 Å². The van der Waals surface area contributed by atoms with Gasteiger partial charge in [0.2, 0.25) is 0 Å². The molecule has 3 rings (SSSR count). The van der Waals surface area contributed by atoms with E-state index in [1.807, 2.05) is 0 Å². The van der Waals surface area contributed by atoms with Gasteiger partial charge in [-0.25, -0.2) is 9.37 Å². The van der Waals surface area contributed by atoms with Gasteiger partial charge in [0.1, 0.15) is 5.82 Å². The first-order chi connectivity index (χ1) is 9.09. The van der Waals surface area contributed by atoms with E-state index in [2.05, 4.69) is 16.5 Å². The zero-order chi connectivity index (χ0) is 13.6. The van der Waals surface area contributed by atoms with Crippen LogP contribution >= 0.6 is 11.6 Å². The number of ether oxygens (including phenoxy) is 1. The molecule has 1 aliphatic rings. The number of hydrogen-bond donors (Lipinski definition) is 0. The van der Waals surface area contributed by atoms with Crippen LogP contribution in [0.1, 0.15) is 32.0 Å². The van der Waals surface area contributed by atoms with E-state index in [1.54, 1.807) is 6.07 Å². The normalized spacial score (nSPS) is 17.5. The van der Waals surface area contributed by atoms with Gasteiger partial charge < -0.3 is 9.30 Å². The number of imidazole rings is 1. The zero-order valence-electron chi connectivity index (χ0n) is 11.0. The van der Waals surface area contributed by atoms with Gasteiger partial charge in [-0.1, -0.05) is 0 Å². The van der Waals surface area contributed by atoms with Crippen molar-refractivity contribution in [1.82, 2.24) is 9.55 Å². The van der Waals surface area contributed by atoms with Gasteiger partial charge in [-0.3, -0.25) is 0 Å². The predicted molar refractivity (Wildman–Crippen MR) is 73.3 cm³/mol. The number of methoxy groups -OCH3 is 1. The Morgan fingerprint density at radius 1 is 1.47 bits per heavy atom. The first-order valence-corrected chi connectivity index (χ1v) is 6.94. The second-order valence-corrected chi connectivity index (χ2v) is 5.59. The molecule has 5 heteroatoms. The summed E-state index contributed by atoms with van der Waals surface area (Å²) in [5, 5.41) is 0. The molecule has 0 N–H and O–H groups in total. The molecule has 0 radical (unpaired) electrons. The van der Waals surface area contributed by atoms with Crippen LogP contribution in [0.3, 0.4) is 0 Å². The molecule has 0 amide bonds. The highest BCUT2D eigenvalue weighted by molar-refractivity contribution is 6.16. The first kappa shape index (κ1) is 12.7. The third kappa shape index (κ3) is 1.81. The topological polar surface area (TPSA) is 27.1 Å². The van der Waals surface area contributed by atoms with Crippen LogP contribution in [0.4, 0.5) is 4.39 Å². The Hall–Kier alpha value is -1.29. The quantitative estimate of drug-likeness (QED) is 0.800. The van der Waals surface area contributed by atoms with E-state index in [4.69, 9.17) is 16.3 Å². The number of fused-ring (bicyclic) bond motifs is 1. The van der Waals surface area contributed by atoms with Crippen molar-refractivity contribution < 1.29 is 9.13 Å². The zero-order valence-corrected chi connectivity index (χ0v) is 11.8. The van der Waals surface area contributed by atoms with Crippen molar-refractivity contribution in [2.24, 2.45) is 0 Å². The number of hydrogen-bond acceptors (Lipinski definition) is 2. The third-order valence-electron chi connectivity index (χ3n) is 4.09. The molecule has 2 aromatic rings. The van der Waals surface area contributed by atoms with E-state index in [0.29, 0.717) is 11.4 Å². The van der Waals surface area contributed by atoms with E-state index in [1.165, 1.54) is 19.6 Å². The van der Waals surface area contributed by atoms with Crippen LogP contribution in [0, 0.1) is 5.82 Å². The van der Waals surface area contributed by atoms with Crippen LogP contribution in [0.25, 0.3) is 11.0 Å². The molecule has 1 fully saturated rings. The monoisotopic (exact) mass is 282 g/mol. The van der Waals surface area contributed by atoms with Gasteiger partial charge in [-0.2, -0.15) is 0 Å². The van der Waals surface area contributed by atoms with Gasteiger partial charge in [-0.15, -0.1) is 11.6 Å². The molecular formula is C14H16ClFN2O. The molecule has 3 nitrogen and oxygen atoms in total. The van der Waals surface area contributed by atoms with Crippen LogP contribution in [0.5, 0.6) is 5.75 Å². The van der Waals surface area contributed by atoms with E-state index in [-0.39, 0.29) is 17.1 Å². The lowest BCUT2D eigenvalue weighted by atomic mass is 9.78. The summed E-state index contributed by atoms with van der Waals surface area (Å²) in [7, 11) is 1.47. The van der Waals surface area contributed by atoms with Crippen molar-refractivity contribution in [1.29, 1.82) is 0 Å². The van der Waals surface area contributed by atoms with Gasteiger partial charge in [0, 0.05) is 17.7 Å². The molecule has 0 atom stereocenters. The second-order valence-electron chi connectivity index (χ2n) is 5.32. The molecule has 1 aromatic carbocycles. The minimum atomic E-state index is -0.389. The fraction of sp³-hybridized carbons (Fsp3) is 0.500. The Bertz CT molecular complexity index is 634. The predicted octanol–water partition coefficient (Wildman–Crippen LogP) is 3.82. The van der Waals surface area contributed by atoms with E-state index < -0.39 is 0 Å². The second kappa shape index (κ2) is 4.37. The molecule has 0 spiro atoms. The number of alkyl halides is 1. The standard InChI is InChI=1S/C14H16ClFN2O/c1-14(4-3-5-14)18-11-7-12(19-2)9(16)6-10(11)17-13(18)8-15/h6-7H,3-5,8H2,1-2H3. The molecule has 19 heavy (non-hydrogen) atoms. The van der Waals surface area contributed by atoms with Gasteiger partial charge in [0.15, 0.2) is 11.6 Å². The summed E-state index contributed by atoms with van der Waals surface area (Å²) in [5.41, 5.74) is 1.58. The summed E-state index contributed by atoms with van der Waals surface area (Å²) >= 11 is 6.00. The summed E-state index contributed by atoms with van der Waals surface area (Å²) in [6, 6.07) is 3.14. The highest BCUT2D eigenvalue weighted by Gasteiger charge is 2.36. The van der Waals surface area contributed by atoms with Crippen molar-refractivity contribution in [2.45, 2.75) is 37.6 Å². The lowest BCUT2D eigenvalue weighted by Gasteiger charge is -2.41. The molecular weight excluding hydrogens is 267 g/mol.